The van der Waals surface area contributed by atoms with Crippen LogP contribution >= 0.6 is 11.6 Å². The van der Waals surface area contributed by atoms with Crippen molar-refractivity contribution in [3.8, 4) is 5.75 Å². The molecule has 0 aliphatic rings. The smallest absolute Gasteiger partial charge is 0.305 e. The molecule has 0 saturated heterocycles. The molecule has 7 heteroatoms. The third-order valence-corrected chi connectivity index (χ3v) is 2.63. The Kier molecular flexibility index (Phi) is 6.27. The van der Waals surface area contributed by atoms with Gasteiger partial charge in [-0.15, -0.1) is 0 Å². The average molecular weight is 301 g/mol. The van der Waals surface area contributed by atoms with Crippen LogP contribution in [0.4, 0.5) is 5.69 Å². The van der Waals surface area contributed by atoms with Crippen LogP contribution in [0, 0.1) is 0 Å². The number of carboxylic acid groups (broad SMARTS) is 1. The van der Waals surface area contributed by atoms with Crippen molar-refractivity contribution in [1.29, 1.82) is 0 Å². The van der Waals surface area contributed by atoms with Crippen LogP contribution in [0.1, 0.15) is 19.8 Å². The predicted molar refractivity (Wildman–Crippen MR) is 76.1 cm³/mol. The number of ether oxygens (including phenoxy) is 1. The number of benzene rings is 1. The molecule has 0 fully saturated rings. The van der Waals surface area contributed by atoms with Gasteiger partial charge < -0.3 is 20.9 Å². The van der Waals surface area contributed by atoms with Crippen molar-refractivity contribution < 1.29 is 19.4 Å². The van der Waals surface area contributed by atoms with Crippen LogP contribution in [-0.2, 0) is 9.59 Å². The molecular weight excluding hydrogens is 284 g/mol. The van der Waals surface area contributed by atoms with Crippen LogP contribution in [-0.4, -0.2) is 29.6 Å². The third-order valence-electron chi connectivity index (χ3n) is 2.39. The summed E-state index contributed by atoms with van der Waals surface area (Å²) >= 11 is 5.87. The molecule has 0 aliphatic carbocycles. The Bertz CT molecular complexity index is 493. The number of nitrogens with two attached hydrogens (primary N) is 1. The summed E-state index contributed by atoms with van der Waals surface area (Å²) in [7, 11) is 0. The van der Waals surface area contributed by atoms with E-state index >= 15 is 0 Å². The van der Waals surface area contributed by atoms with E-state index in [4.69, 9.17) is 27.2 Å². The second kappa shape index (κ2) is 7.72. The summed E-state index contributed by atoms with van der Waals surface area (Å²) in [5.41, 5.74) is 5.86. The fourth-order valence-corrected chi connectivity index (χ4v) is 1.62. The molecule has 0 spiro atoms. The first kappa shape index (κ1) is 16.3. The topological polar surface area (TPSA) is 102 Å². The van der Waals surface area contributed by atoms with Crippen LogP contribution in [0.5, 0.6) is 5.75 Å². The first-order valence-corrected chi connectivity index (χ1v) is 6.52. The Morgan fingerprint density at radius 3 is 2.80 bits per heavy atom. The first-order chi connectivity index (χ1) is 9.43. The van der Waals surface area contributed by atoms with Crippen LogP contribution in [0.25, 0.3) is 0 Å². The summed E-state index contributed by atoms with van der Waals surface area (Å²) in [6.07, 6.45) is 0.367. The van der Waals surface area contributed by atoms with Gasteiger partial charge in [-0.2, -0.15) is 0 Å². The average Bonchev–Trinajstić information content (AvgIpc) is 2.37. The van der Waals surface area contributed by atoms with E-state index in [0.29, 0.717) is 23.1 Å². The van der Waals surface area contributed by atoms with Crippen molar-refractivity contribution in [1.82, 2.24) is 0 Å². The number of hydrogen-bond donors (Lipinski definition) is 3. The molecule has 1 unspecified atom stereocenters. The Morgan fingerprint density at radius 1 is 1.50 bits per heavy atom. The number of carbonyl (C=O) groups is 2. The Labute approximate surface area is 121 Å². The second-order valence-corrected chi connectivity index (χ2v) is 4.62. The van der Waals surface area contributed by atoms with E-state index in [0.717, 1.165) is 6.42 Å². The quantitative estimate of drug-likeness (QED) is 0.713. The molecule has 1 aromatic rings. The van der Waals surface area contributed by atoms with Gasteiger partial charge in [0.05, 0.1) is 24.8 Å². The zero-order valence-corrected chi connectivity index (χ0v) is 11.8. The Balaban J connectivity index is 2.81. The van der Waals surface area contributed by atoms with E-state index in [-0.39, 0.29) is 0 Å². The molecule has 4 N–H and O–H groups in total. The monoisotopic (exact) mass is 300 g/mol. The molecule has 110 valence electrons. The van der Waals surface area contributed by atoms with Gasteiger partial charge in [-0.3, -0.25) is 9.59 Å². The second-order valence-electron chi connectivity index (χ2n) is 4.18. The van der Waals surface area contributed by atoms with E-state index in [2.05, 4.69) is 5.32 Å². The highest BCUT2D eigenvalue weighted by Gasteiger charge is 2.18. The standard InChI is InChI=1S/C13H17ClN2O4/c1-2-5-20-11-4-3-8(14)6-10(11)16-13(19)9(15)7-12(17)18/h3-4,6,9H,2,5,7,15H2,1H3,(H,16,19)(H,17,18). The summed E-state index contributed by atoms with van der Waals surface area (Å²) in [5, 5.41) is 11.6. The van der Waals surface area contributed by atoms with Crippen molar-refractivity contribution in [2.75, 3.05) is 11.9 Å². The van der Waals surface area contributed by atoms with Gasteiger partial charge in [-0.25, -0.2) is 0 Å². The maximum atomic E-state index is 11.8. The molecule has 1 rings (SSSR count). The van der Waals surface area contributed by atoms with Gasteiger partial charge in [-0.1, -0.05) is 18.5 Å². The summed E-state index contributed by atoms with van der Waals surface area (Å²) in [6, 6.07) is 3.67. The van der Waals surface area contributed by atoms with Gasteiger partial charge in [0.25, 0.3) is 0 Å². The van der Waals surface area contributed by atoms with Crippen LogP contribution in [0.3, 0.4) is 0 Å². The van der Waals surface area contributed by atoms with Crippen molar-refractivity contribution in [3.05, 3.63) is 23.2 Å². The minimum Gasteiger partial charge on any atom is -0.491 e. The van der Waals surface area contributed by atoms with Gasteiger partial charge in [0, 0.05) is 5.02 Å². The molecule has 0 radical (unpaired) electrons. The normalized spacial score (nSPS) is 11.8. The van der Waals surface area contributed by atoms with Crippen molar-refractivity contribution >= 4 is 29.2 Å². The van der Waals surface area contributed by atoms with Crippen molar-refractivity contribution in [2.45, 2.75) is 25.8 Å². The molecule has 0 bridgehead atoms. The lowest BCUT2D eigenvalue weighted by atomic mass is 10.2. The van der Waals surface area contributed by atoms with Crippen LogP contribution < -0.4 is 15.8 Å². The number of nitrogens with one attached hydrogen (secondary N) is 1. The number of aliphatic carboxylic acids is 1. The Hall–Kier alpha value is -1.79. The number of amides is 1. The lowest BCUT2D eigenvalue weighted by molar-refractivity contribution is -0.138. The van der Waals surface area contributed by atoms with E-state index in [1.54, 1.807) is 12.1 Å². The maximum Gasteiger partial charge on any atom is 0.305 e. The SMILES string of the molecule is CCCOc1ccc(Cl)cc1NC(=O)C(N)CC(=O)O. The molecule has 0 aliphatic heterocycles. The highest BCUT2D eigenvalue weighted by atomic mass is 35.5. The van der Waals surface area contributed by atoms with E-state index in [1.165, 1.54) is 6.07 Å². The molecule has 1 aromatic carbocycles. The van der Waals surface area contributed by atoms with Gasteiger partial charge in [0.2, 0.25) is 5.91 Å². The highest BCUT2D eigenvalue weighted by Crippen LogP contribution is 2.28. The first-order valence-electron chi connectivity index (χ1n) is 6.14. The lowest BCUT2D eigenvalue weighted by Crippen LogP contribution is -2.37. The number of halogens is 1. The number of carbonyl (C=O) groups excluding carboxylic acids is 1. The summed E-state index contributed by atoms with van der Waals surface area (Å²) < 4.78 is 5.47. The van der Waals surface area contributed by atoms with Gasteiger partial charge >= 0.3 is 5.97 Å². The fourth-order valence-electron chi connectivity index (χ4n) is 1.44. The van der Waals surface area contributed by atoms with Crippen molar-refractivity contribution in [2.24, 2.45) is 5.73 Å². The fraction of sp³-hybridized carbons (Fsp3) is 0.385. The zero-order valence-electron chi connectivity index (χ0n) is 11.1. The van der Waals surface area contributed by atoms with Gasteiger partial charge in [0.1, 0.15) is 5.75 Å². The predicted octanol–water partition coefficient (Wildman–Crippen LogP) is 1.87. The summed E-state index contributed by atoms with van der Waals surface area (Å²) in [6.45, 7) is 2.45. The number of rotatable bonds is 7. The largest absolute Gasteiger partial charge is 0.491 e. The zero-order chi connectivity index (χ0) is 15.1. The third kappa shape index (κ3) is 5.07. The van der Waals surface area contributed by atoms with E-state index < -0.39 is 24.3 Å². The minimum atomic E-state index is -1.14. The van der Waals surface area contributed by atoms with Crippen LogP contribution in [0.15, 0.2) is 18.2 Å². The van der Waals surface area contributed by atoms with E-state index in [1.807, 2.05) is 6.92 Å². The minimum absolute atomic E-state index is 0.372. The van der Waals surface area contributed by atoms with Gasteiger partial charge in [0.15, 0.2) is 0 Å². The molecule has 0 aromatic heterocycles. The molecule has 20 heavy (non-hydrogen) atoms. The number of carboxylic acids is 1. The molecule has 1 atom stereocenters. The summed E-state index contributed by atoms with van der Waals surface area (Å²) in [5.74, 6) is -1.27. The molecule has 1 amide bonds. The Morgan fingerprint density at radius 2 is 2.20 bits per heavy atom. The molecule has 0 saturated carbocycles. The number of anilines is 1. The molecule has 6 nitrogen and oxygen atoms in total. The molecule has 0 heterocycles. The highest BCUT2D eigenvalue weighted by molar-refractivity contribution is 6.31. The van der Waals surface area contributed by atoms with Crippen LogP contribution in [0.2, 0.25) is 5.02 Å². The maximum absolute atomic E-state index is 11.8. The number of hydrogen-bond acceptors (Lipinski definition) is 4. The molecular formula is C13H17ClN2O4. The summed E-state index contributed by atoms with van der Waals surface area (Å²) in [4.78, 5) is 22.3. The van der Waals surface area contributed by atoms with E-state index in [9.17, 15) is 9.59 Å². The lowest BCUT2D eigenvalue weighted by Gasteiger charge is -2.14. The van der Waals surface area contributed by atoms with Gasteiger partial charge in [-0.05, 0) is 24.6 Å². The van der Waals surface area contributed by atoms with Crippen molar-refractivity contribution in [3.63, 3.8) is 0 Å².